The third-order valence-corrected chi connectivity index (χ3v) is 1.82. The van der Waals surface area contributed by atoms with Crippen molar-refractivity contribution in [2.45, 2.75) is 6.43 Å². The molecule has 1 rings (SSSR count). The maximum atomic E-state index is 13.5. The molecule has 0 N–H and O–H groups in total. The van der Waals surface area contributed by atoms with E-state index in [-0.39, 0.29) is 0 Å². The first kappa shape index (κ1) is 12.3. The van der Waals surface area contributed by atoms with Gasteiger partial charge in [0.05, 0.1) is 14.2 Å². The van der Waals surface area contributed by atoms with Crippen LogP contribution in [0, 0.1) is 5.82 Å². The van der Waals surface area contributed by atoms with Crippen LogP contribution >= 0.6 is 0 Å². The molecule has 0 bridgehead atoms. The predicted molar refractivity (Wildman–Crippen MR) is 47.0 cm³/mol. The summed E-state index contributed by atoms with van der Waals surface area (Å²) < 4.78 is 47.0. The van der Waals surface area contributed by atoms with Gasteiger partial charge in [0, 0.05) is 6.20 Å². The van der Waals surface area contributed by atoms with Gasteiger partial charge in [-0.2, -0.15) is 0 Å². The number of ether oxygens (including phenoxy) is 2. The molecule has 88 valence electrons. The van der Waals surface area contributed by atoms with Gasteiger partial charge in [-0.05, 0) is 0 Å². The minimum atomic E-state index is -2.99. The molecule has 0 saturated carbocycles. The highest BCUT2D eigenvalue weighted by Crippen LogP contribution is 2.30. The van der Waals surface area contributed by atoms with Crippen LogP contribution in [0.1, 0.15) is 22.5 Å². The number of carbonyl (C=O) groups excluding carboxylic acids is 1. The molecule has 1 heterocycles. The predicted octanol–water partition coefficient (Wildman–Crippen LogP) is 1.95. The monoisotopic (exact) mass is 235 g/mol. The SMILES string of the molecule is COC(=O)c1cnc(C(F)F)c(OC)c1F. The first-order chi connectivity index (χ1) is 7.52. The van der Waals surface area contributed by atoms with Crippen LogP contribution in [0.5, 0.6) is 5.75 Å². The Morgan fingerprint density at radius 2 is 2.06 bits per heavy atom. The maximum absolute atomic E-state index is 13.5. The van der Waals surface area contributed by atoms with E-state index >= 15 is 0 Å². The highest BCUT2D eigenvalue weighted by molar-refractivity contribution is 5.89. The zero-order valence-electron chi connectivity index (χ0n) is 8.46. The lowest BCUT2D eigenvalue weighted by atomic mass is 10.2. The Kier molecular flexibility index (Phi) is 3.70. The third-order valence-electron chi connectivity index (χ3n) is 1.82. The lowest BCUT2D eigenvalue weighted by Gasteiger charge is -2.09. The van der Waals surface area contributed by atoms with Crippen LogP contribution in [-0.4, -0.2) is 25.2 Å². The molecule has 1 aromatic heterocycles. The van der Waals surface area contributed by atoms with Crippen LogP contribution in [0.3, 0.4) is 0 Å². The number of methoxy groups -OCH3 is 2. The molecule has 0 spiro atoms. The van der Waals surface area contributed by atoms with Crippen molar-refractivity contribution in [2.24, 2.45) is 0 Å². The van der Waals surface area contributed by atoms with Crippen molar-refractivity contribution in [1.29, 1.82) is 0 Å². The summed E-state index contributed by atoms with van der Waals surface area (Å²) in [6.45, 7) is 0. The first-order valence-corrected chi connectivity index (χ1v) is 4.11. The van der Waals surface area contributed by atoms with Gasteiger partial charge in [-0.15, -0.1) is 0 Å². The average molecular weight is 235 g/mol. The third kappa shape index (κ3) is 2.07. The minimum Gasteiger partial charge on any atom is -0.492 e. The quantitative estimate of drug-likeness (QED) is 0.751. The molecule has 0 amide bonds. The van der Waals surface area contributed by atoms with E-state index in [1.807, 2.05) is 0 Å². The molecule has 0 aliphatic rings. The number of nitrogens with zero attached hydrogens (tertiary/aromatic N) is 1. The molecule has 0 atom stereocenters. The zero-order chi connectivity index (χ0) is 12.3. The second-order valence-electron chi connectivity index (χ2n) is 2.70. The topological polar surface area (TPSA) is 48.4 Å². The van der Waals surface area contributed by atoms with E-state index < -0.39 is 35.2 Å². The van der Waals surface area contributed by atoms with Crippen LogP contribution in [0.2, 0.25) is 0 Å². The molecule has 0 aliphatic carbocycles. The number of hydrogen-bond donors (Lipinski definition) is 0. The van der Waals surface area contributed by atoms with Gasteiger partial charge in [-0.3, -0.25) is 4.98 Å². The molecule has 0 unspecified atom stereocenters. The molecule has 4 nitrogen and oxygen atoms in total. The highest BCUT2D eigenvalue weighted by atomic mass is 19.3. The van der Waals surface area contributed by atoms with Crippen LogP contribution in [-0.2, 0) is 4.74 Å². The van der Waals surface area contributed by atoms with Crippen molar-refractivity contribution in [1.82, 2.24) is 4.98 Å². The number of hydrogen-bond acceptors (Lipinski definition) is 4. The lowest BCUT2D eigenvalue weighted by Crippen LogP contribution is -2.09. The number of alkyl halides is 2. The Hall–Kier alpha value is -1.79. The molecule has 7 heteroatoms. The Morgan fingerprint density at radius 1 is 1.44 bits per heavy atom. The molecule has 0 aliphatic heterocycles. The summed E-state index contributed by atoms with van der Waals surface area (Å²) in [5.74, 6) is -2.97. The number of aromatic nitrogens is 1. The first-order valence-electron chi connectivity index (χ1n) is 4.11. The fourth-order valence-corrected chi connectivity index (χ4v) is 1.09. The van der Waals surface area contributed by atoms with Crippen LogP contribution in [0.15, 0.2) is 6.20 Å². The van der Waals surface area contributed by atoms with Crippen molar-refractivity contribution >= 4 is 5.97 Å². The van der Waals surface area contributed by atoms with E-state index in [9.17, 15) is 18.0 Å². The molecular formula is C9H8F3NO3. The average Bonchev–Trinajstić information content (AvgIpc) is 2.27. The number of esters is 1. The van der Waals surface area contributed by atoms with Gasteiger partial charge in [0.25, 0.3) is 6.43 Å². The molecule has 0 saturated heterocycles. The van der Waals surface area contributed by atoms with Crippen LogP contribution < -0.4 is 4.74 Å². The summed E-state index contributed by atoms with van der Waals surface area (Å²) >= 11 is 0. The van der Waals surface area contributed by atoms with Gasteiger partial charge >= 0.3 is 5.97 Å². The number of carbonyl (C=O) groups is 1. The highest BCUT2D eigenvalue weighted by Gasteiger charge is 2.25. The van der Waals surface area contributed by atoms with Gasteiger partial charge in [-0.1, -0.05) is 0 Å². The number of pyridine rings is 1. The summed E-state index contributed by atoms with van der Waals surface area (Å²) in [5, 5.41) is 0. The van der Waals surface area contributed by atoms with Crippen molar-refractivity contribution in [3.8, 4) is 5.75 Å². The molecule has 0 fully saturated rings. The van der Waals surface area contributed by atoms with Crippen molar-refractivity contribution < 1.29 is 27.4 Å². The molecule has 16 heavy (non-hydrogen) atoms. The fraction of sp³-hybridized carbons (Fsp3) is 0.333. The van der Waals surface area contributed by atoms with Gasteiger partial charge in [0.2, 0.25) is 0 Å². The fourth-order valence-electron chi connectivity index (χ4n) is 1.09. The second-order valence-corrected chi connectivity index (χ2v) is 2.70. The Morgan fingerprint density at radius 3 is 2.50 bits per heavy atom. The molecule has 1 aromatic rings. The van der Waals surface area contributed by atoms with Crippen molar-refractivity contribution in [3.63, 3.8) is 0 Å². The van der Waals surface area contributed by atoms with Crippen LogP contribution in [0.4, 0.5) is 13.2 Å². The van der Waals surface area contributed by atoms with E-state index in [0.717, 1.165) is 14.2 Å². The Bertz CT molecular complexity index is 409. The van der Waals surface area contributed by atoms with Gasteiger partial charge < -0.3 is 9.47 Å². The smallest absolute Gasteiger partial charge is 0.342 e. The van der Waals surface area contributed by atoms with E-state index in [4.69, 9.17) is 0 Å². The van der Waals surface area contributed by atoms with Gasteiger partial charge in [0.15, 0.2) is 17.3 Å². The summed E-state index contributed by atoms with van der Waals surface area (Å²) in [6, 6.07) is 0. The number of halogens is 3. The normalized spacial score (nSPS) is 10.4. The van der Waals surface area contributed by atoms with Gasteiger partial charge in [0.1, 0.15) is 5.56 Å². The van der Waals surface area contributed by atoms with E-state index in [1.54, 1.807) is 0 Å². The Labute approximate surface area is 89.0 Å². The molecule has 0 aromatic carbocycles. The van der Waals surface area contributed by atoms with E-state index in [1.165, 1.54) is 0 Å². The van der Waals surface area contributed by atoms with Gasteiger partial charge in [-0.25, -0.2) is 18.0 Å². The largest absolute Gasteiger partial charge is 0.492 e. The summed E-state index contributed by atoms with van der Waals surface area (Å²) in [5.41, 5.74) is -1.41. The minimum absolute atomic E-state index is 0.552. The zero-order valence-corrected chi connectivity index (χ0v) is 8.46. The summed E-state index contributed by atoms with van der Waals surface area (Å²) in [6.07, 6.45) is -2.30. The number of rotatable bonds is 3. The van der Waals surface area contributed by atoms with Crippen molar-refractivity contribution in [3.05, 3.63) is 23.3 Å². The standard InChI is InChI=1S/C9H8F3NO3/c1-15-7-5(10)4(9(14)16-2)3-13-6(7)8(11)12/h3,8H,1-2H3. The lowest BCUT2D eigenvalue weighted by molar-refractivity contribution is 0.0592. The molecule has 0 radical (unpaired) electrons. The van der Waals surface area contributed by atoms with E-state index in [0.29, 0.717) is 6.20 Å². The van der Waals surface area contributed by atoms with Crippen molar-refractivity contribution in [2.75, 3.05) is 14.2 Å². The summed E-state index contributed by atoms with van der Waals surface area (Å²) in [4.78, 5) is 14.3. The second kappa shape index (κ2) is 4.82. The van der Waals surface area contributed by atoms with E-state index in [2.05, 4.69) is 14.5 Å². The maximum Gasteiger partial charge on any atom is 0.342 e. The van der Waals surface area contributed by atoms with Crippen LogP contribution in [0.25, 0.3) is 0 Å². The summed E-state index contributed by atoms with van der Waals surface area (Å²) in [7, 11) is 2.04. The Balaban J connectivity index is 3.34. The molecular weight excluding hydrogens is 227 g/mol.